The van der Waals surface area contributed by atoms with Gasteiger partial charge in [-0.25, -0.2) is 24.5 Å². The van der Waals surface area contributed by atoms with Crippen molar-refractivity contribution >= 4 is 30.3 Å². The van der Waals surface area contributed by atoms with Gasteiger partial charge in [0.05, 0.1) is 26.1 Å². The number of rotatable bonds is 9. The summed E-state index contributed by atoms with van der Waals surface area (Å²) in [6.07, 6.45) is 7.08. The van der Waals surface area contributed by atoms with Crippen LogP contribution in [0.2, 0.25) is 0 Å². The minimum Gasteiger partial charge on any atom is -0.480 e. The molecule has 0 bridgehead atoms. The van der Waals surface area contributed by atoms with E-state index in [1.807, 2.05) is 0 Å². The standard InChI is InChI=1S/C7H10N2O3.C6H9N3O2.C6H8N2O3.CH4O.ClH/c1-12-7(11)6(10)2-5-3-8-4-9-5;7-5(6(10)11)1-4-2-8-3-9-4;9-5(6(10)11)1-4-2-7-3-8-4;1-2;/h3-4,6,10H,2H2,1H3,(H,8,9);2-3,5H,1,7H2,(H,8,9)(H,10,11);2-3,5,9H,1H2,(H,7,8)(H,10,11);2H,1H3;1H/t6-;2*5-;;/m000../s1. The number of hydrogen-bond donors (Lipinski definition) is 9. The highest BCUT2D eigenvalue weighted by Crippen LogP contribution is 1.99. The average molecular weight is 550 g/mol. The van der Waals surface area contributed by atoms with E-state index in [9.17, 15) is 14.4 Å². The lowest BCUT2D eigenvalue weighted by molar-refractivity contribution is -0.150. The summed E-state index contributed by atoms with van der Waals surface area (Å²) in [5.41, 5.74) is 7.31. The van der Waals surface area contributed by atoms with Crippen LogP contribution in [0, 0.1) is 0 Å². The van der Waals surface area contributed by atoms with Crippen molar-refractivity contribution in [2.24, 2.45) is 5.73 Å². The van der Waals surface area contributed by atoms with Crippen LogP contribution in [0.4, 0.5) is 0 Å². The molecule has 0 fully saturated rings. The molecule has 208 valence electrons. The topological polar surface area (TPSA) is 274 Å². The Kier molecular flexibility index (Phi) is 19.5. The van der Waals surface area contributed by atoms with E-state index in [4.69, 9.17) is 31.3 Å². The fourth-order valence-electron chi connectivity index (χ4n) is 2.24. The Bertz CT molecular complexity index is 918. The summed E-state index contributed by atoms with van der Waals surface area (Å²) in [6.45, 7) is 0. The molecule has 0 aliphatic rings. The second-order valence-corrected chi connectivity index (χ2v) is 6.68. The number of aliphatic hydroxyl groups excluding tert-OH is 3. The molecular formula is C20H32ClN7O9. The first kappa shape index (κ1) is 35.3. The molecule has 3 rings (SSSR count). The second kappa shape index (κ2) is 20.4. The Morgan fingerprint density at radius 1 is 0.811 bits per heavy atom. The van der Waals surface area contributed by atoms with Crippen molar-refractivity contribution in [1.29, 1.82) is 0 Å². The van der Waals surface area contributed by atoms with E-state index in [2.05, 4.69) is 34.6 Å². The Morgan fingerprint density at radius 3 is 1.49 bits per heavy atom. The third-order valence-electron chi connectivity index (χ3n) is 4.01. The number of halogens is 1. The molecule has 0 spiro atoms. The van der Waals surface area contributed by atoms with Gasteiger partial charge in [-0.1, -0.05) is 0 Å². The van der Waals surface area contributed by atoms with Gasteiger partial charge in [-0.2, -0.15) is 0 Å². The smallest absolute Gasteiger partial charge is 0.335 e. The highest BCUT2D eigenvalue weighted by Gasteiger charge is 2.16. The second-order valence-electron chi connectivity index (χ2n) is 6.68. The molecule has 0 aliphatic carbocycles. The molecule has 0 aromatic carbocycles. The summed E-state index contributed by atoms with van der Waals surface area (Å²) < 4.78 is 4.34. The summed E-state index contributed by atoms with van der Waals surface area (Å²) in [6, 6.07) is -0.851. The average Bonchev–Trinajstić information content (AvgIpc) is 3.65. The van der Waals surface area contributed by atoms with Gasteiger partial charge in [-0.05, 0) is 0 Å². The number of nitrogens with one attached hydrogen (secondary N) is 3. The van der Waals surface area contributed by atoms with E-state index >= 15 is 0 Å². The molecule has 0 saturated heterocycles. The van der Waals surface area contributed by atoms with Crippen LogP contribution in [-0.4, -0.2) is 106 Å². The van der Waals surface area contributed by atoms with E-state index in [1.54, 1.807) is 12.4 Å². The number of aromatic nitrogens is 6. The SMILES string of the molecule is CO.COC(=O)[C@@H](O)Cc1cnc[nH]1.Cl.N[C@@H](Cc1cnc[nH]1)C(=O)O.O=C(O)[C@@H](O)Cc1cnc[nH]1. The lowest BCUT2D eigenvalue weighted by atomic mass is 10.2. The van der Waals surface area contributed by atoms with Crippen molar-refractivity contribution in [1.82, 2.24) is 29.9 Å². The molecule has 0 radical (unpaired) electrons. The van der Waals surface area contributed by atoms with Gasteiger partial charge in [0.2, 0.25) is 0 Å². The third kappa shape index (κ3) is 15.7. The molecule has 3 heterocycles. The molecule has 0 amide bonds. The quantitative estimate of drug-likeness (QED) is 0.134. The molecule has 37 heavy (non-hydrogen) atoms. The Labute approximate surface area is 217 Å². The molecule has 17 heteroatoms. The van der Waals surface area contributed by atoms with E-state index < -0.39 is 36.2 Å². The number of carboxylic acid groups (broad SMARTS) is 2. The number of imidazole rings is 3. The van der Waals surface area contributed by atoms with Crippen molar-refractivity contribution in [2.45, 2.75) is 37.5 Å². The van der Waals surface area contributed by atoms with E-state index in [0.29, 0.717) is 11.4 Å². The van der Waals surface area contributed by atoms with E-state index in [0.717, 1.165) is 12.8 Å². The predicted molar refractivity (Wildman–Crippen MR) is 130 cm³/mol. The van der Waals surface area contributed by atoms with Crippen LogP contribution < -0.4 is 5.73 Å². The number of aliphatic carboxylic acids is 2. The monoisotopic (exact) mass is 549 g/mol. The Balaban J connectivity index is 0. The fraction of sp³-hybridized carbons (Fsp3) is 0.400. The number of H-pyrrole nitrogens is 3. The summed E-state index contributed by atoms with van der Waals surface area (Å²) in [7, 11) is 2.23. The minimum atomic E-state index is -1.35. The predicted octanol–water partition coefficient (Wildman–Crippen LogP) is -1.72. The number of esters is 1. The molecule has 0 aliphatic heterocycles. The zero-order valence-electron chi connectivity index (χ0n) is 20.0. The van der Waals surface area contributed by atoms with Crippen LogP contribution in [0.3, 0.4) is 0 Å². The Hall–Kier alpha value is -3.83. The van der Waals surface area contributed by atoms with Crippen LogP contribution >= 0.6 is 12.4 Å². The van der Waals surface area contributed by atoms with E-state index in [-0.39, 0.29) is 31.7 Å². The number of aromatic amines is 3. The number of methoxy groups -OCH3 is 1. The maximum atomic E-state index is 10.7. The molecule has 16 nitrogen and oxygen atoms in total. The highest BCUT2D eigenvalue weighted by atomic mass is 35.5. The molecule has 0 saturated carbocycles. The zero-order chi connectivity index (χ0) is 27.5. The molecule has 0 unspecified atom stereocenters. The normalized spacial score (nSPS) is 11.8. The van der Waals surface area contributed by atoms with Gasteiger partial charge < -0.3 is 51.0 Å². The third-order valence-corrected chi connectivity index (χ3v) is 4.01. The number of hydrogen-bond acceptors (Lipinski definition) is 11. The van der Waals surface area contributed by atoms with Crippen molar-refractivity contribution in [3.8, 4) is 0 Å². The first-order valence-corrected chi connectivity index (χ1v) is 10.2. The number of carbonyl (C=O) groups excluding carboxylic acids is 1. The zero-order valence-corrected chi connectivity index (χ0v) is 20.8. The summed E-state index contributed by atoms with van der Waals surface area (Å²) >= 11 is 0. The van der Waals surface area contributed by atoms with Gasteiger partial charge in [-0.15, -0.1) is 12.4 Å². The lowest BCUT2D eigenvalue weighted by Gasteiger charge is -2.05. The summed E-state index contributed by atoms with van der Waals surface area (Å²) in [4.78, 5) is 50.5. The van der Waals surface area contributed by atoms with Crippen LogP contribution in [0.25, 0.3) is 0 Å². The van der Waals surface area contributed by atoms with Crippen LogP contribution in [0.1, 0.15) is 17.1 Å². The van der Waals surface area contributed by atoms with Gasteiger partial charge in [0, 0.05) is 62.0 Å². The maximum absolute atomic E-state index is 10.7. The summed E-state index contributed by atoms with van der Waals surface area (Å²) in [5.74, 6) is -2.86. The van der Waals surface area contributed by atoms with E-state index in [1.165, 1.54) is 32.3 Å². The van der Waals surface area contributed by atoms with Gasteiger partial charge in [0.1, 0.15) is 6.04 Å². The van der Waals surface area contributed by atoms with Crippen LogP contribution in [0.15, 0.2) is 37.6 Å². The number of carbonyl (C=O) groups is 3. The molecular weight excluding hydrogens is 518 g/mol. The first-order valence-electron chi connectivity index (χ1n) is 10.2. The number of nitrogens with two attached hydrogens (primary N) is 1. The first-order chi connectivity index (χ1) is 17.1. The molecule has 3 aromatic rings. The number of carboxylic acids is 2. The number of aliphatic hydroxyl groups is 3. The maximum Gasteiger partial charge on any atom is 0.335 e. The highest BCUT2D eigenvalue weighted by molar-refractivity contribution is 5.85. The molecule has 10 N–H and O–H groups in total. The van der Waals surface area contributed by atoms with Crippen molar-refractivity contribution < 1.29 is 44.7 Å². The van der Waals surface area contributed by atoms with Crippen LogP contribution in [0.5, 0.6) is 0 Å². The van der Waals surface area contributed by atoms with Crippen LogP contribution in [-0.2, 0) is 38.4 Å². The number of nitrogens with zero attached hydrogens (tertiary/aromatic N) is 3. The lowest BCUT2D eigenvalue weighted by Crippen LogP contribution is -2.32. The van der Waals surface area contributed by atoms with Crippen molar-refractivity contribution in [2.75, 3.05) is 14.2 Å². The fourth-order valence-corrected chi connectivity index (χ4v) is 2.24. The van der Waals surface area contributed by atoms with Gasteiger partial charge in [-0.3, -0.25) is 4.79 Å². The molecule has 3 atom stereocenters. The van der Waals surface area contributed by atoms with Crippen molar-refractivity contribution in [3.63, 3.8) is 0 Å². The summed E-state index contributed by atoms with van der Waals surface area (Å²) in [5, 5.41) is 41.7. The van der Waals surface area contributed by atoms with Crippen molar-refractivity contribution in [3.05, 3.63) is 54.7 Å². The van der Waals surface area contributed by atoms with Gasteiger partial charge in [0.25, 0.3) is 0 Å². The number of ether oxygens (including phenoxy) is 1. The largest absolute Gasteiger partial charge is 0.480 e. The van der Waals surface area contributed by atoms with Gasteiger partial charge >= 0.3 is 17.9 Å². The van der Waals surface area contributed by atoms with Gasteiger partial charge in [0.15, 0.2) is 12.2 Å². The Morgan fingerprint density at radius 2 is 1.19 bits per heavy atom. The minimum absolute atomic E-state index is 0. The molecule has 3 aromatic heterocycles.